The molecule has 0 spiro atoms. The summed E-state index contributed by atoms with van der Waals surface area (Å²) in [4.78, 5) is 15.5. The predicted octanol–water partition coefficient (Wildman–Crippen LogP) is 4.67. The first kappa shape index (κ1) is 21.9. The molecule has 1 heterocycles. The van der Waals surface area contributed by atoms with Gasteiger partial charge >= 0.3 is 0 Å². The van der Waals surface area contributed by atoms with E-state index in [1.54, 1.807) is 48.5 Å². The van der Waals surface area contributed by atoms with Crippen molar-refractivity contribution >= 4 is 33.0 Å². The van der Waals surface area contributed by atoms with Crippen molar-refractivity contribution in [3.8, 4) is 0 Å². The van der Waals surface area contributed by atoms with Gasteiger partial charge in [-0.25, -0.2) is 8.42 Å². The summed E-state index contributed by atoms with van der Waals surface area (Å²) < 4.78 is 27.4. The van der Waals surface area contributed by atoms with E-state index in [1.807, 2.05) is 31.2 Å². The monoisotopic (exact) mass is 449 g/mol. The fourth-order valence-corrected chi connectivity index (χ4v) is 5.08. The predicted molar refractivity (Wildman–Crippen MR) is 129 cm³/mol. The van der Waals surface area contributed by atoms with Gasteiger partial charge in [-0.2, -0.15) is 0 Å². The molecule has 4 rings (SSSR count). The van der Waals surface area contributed by atoms with Crippen LogP contribution >= 0.6 is 0 Å². The minimum atomic E-state index is -3.80. The molecule has 0 saturated carbocycles. The maximum absolute atomic E-state index is 13.1. The van der Waals surface area contributed by atoms with Gasteiger partial charge in [-0.1, -0.05) is 29.8 Å². The summed E-state index contributed by atoms with van der Waals surface area (Å²) in [6, 6.07) is 21.1. The maximum Gasteiger partial charge on any atom is 0.264 e. The Kier molecular flexibility index (Phi) is 6.19. The summed E-state index contributed by atoms with van der Waals surface area (Å²) >= 11 is 0. The largest absolute Gasteiger partial charge is 0.372 e. The highest BCUT2D eigenvalue weighted by molar-refractivity contribution is 7.92. The molecular formula is C25H27N3O3S. The van der Waals surface area contributed by atoms with Crippen molar-refractivity contribution in [2.24, 2.45) is 0 Å². The van der Waals surface area contributed by atoms with E-state index in [0.717, 1.165) is 28.6 Å². The van der Waals surface area contributed by atoms with Crippen LogP contribution in [0.15, 0.2) is 77.7 Å². The van der Waals surface area contributed by atoms with Gasteiger partial charge in [0.1, 0.15) is 0 Å². The Balaban J connectivity index is 1.56. The second-order valence-electron chi connectivity index (χ2n) is 8.00. The van der Waals surface area contributed by atoms with E-state index in [4.69, 9.17) is 0 Å². The molecule has 1 amide bonds. The molecule has 32 heavy (non-hydrogen) atoms. The van der Waals surface area contributed by atoms with Crippen molar-refractivity contribution < 1.29 is 13.2 Å². The molecule has 0 unspecified atom stereocenters. The standard InChI is InChI=1S/C25H27N3O3S/c1-19-9-15-22(16-10-19)32(30,31)27(2)24-8-4-3-7-23(24)25(29)26-20-11-13-21(14-12-20)28-17-5-6-18-28/h3-4,7-16H,5-6,17-18H2,1-2H3,(H,26,29). The van der Waals surface area contributed by atoms with Gasteiger partial charge in [-0.05, 0) is 68.3 Å². The van der Waals surface area contributed by atoms with Crippen molar-refractivity contribution in [3.05, 3.63) is 83.9 Å². The number of nitrogens with one attached hydrogen (secondary N) is 1. The maximum atomic E-state index is 13.1. The fourth-order valence-electron chi connectivity index (χ4n) is 3.87. The first-order valence-electron chi connectivity index (χ1n) is 10.7. The van der Waals surface area contributed by atoms with E-state index in [1.165, 1.54) is 19.9 Å². The van der Waals surface area contributed by atoms with Crippen LogP contribution in [-0.2, 0) is 10.0 Å². The molecule has 6 nitrogen and oxygen atoms in total. The van der Waals surface area contributed by atoms with Gasteiger partial charge in [0.25, 0.3) is 15.9 Å². The summed E-state index contributed by atoms with van der Waals surface area (Å²) in [6.45, 7) is 4.01. The average Bonchev–Trinajstić information content (AvgIpc) is 3.34. The van der Waals surface area contributed by atoms with Crippen LogP contribution in [0.1, 0.15) is 28.8 Å². The van der Waals surface area contributed by atoms with E-state index in [-0.39, 0.29) is 16.4 Å². The molecule has 166 valence electrons. The van der Waals surface area contributed by atoms with Crippen LogP contribution < -0.4 is 14.5 Å². The molecule has 0 radical (unpaired) electrons. The number of hydrogen-bond donors (Lipinski definition) is 1. The first-order chi connectivity index (χ1) is 15.4. The Labute approximate surface area is 189 Å². The number of rotatable bonds is 6. The Morgan fingerprint density at radius 1 is 0.906 bits per heavy atom. The lowest BCUT2D eigenvalue weighted by atomic mass is 10.1. The van der Waals surface area contributed by atoms with Crippen molar-refractivity contribution in [1.82, 2.24) is 0 Å². The van der Waals surface area contributed by atoms with Crippen molar-refractivity contribution in [2.75, 3.05) is 34.7 Å². The third kappa shape index (κ3) is 4.48. The van der Waals surface area contributed by atoms with Crippen molar-refractivity contribution in [3.63, 3.8) is 0 Å². The number of aryl methyl sites for hydroxylation is 1. The minimum absolute atomic E-state index is 0.179. The summed E-state index contributed by atoms with van der Waals surface area (Å²) in [5.41, 5.74) is 3.39. The Bertz CT molecular complexity index is 1200. The van der Waals surface area contributed by atoms with E-state index in [2.05, 4.69) is 10.2 Å². The van der Waals surface area contributed by atoms with Gasteiger partial charge in [-0.3, -0.25) is 9.10 Å². The number of para-hydroxylation sites is 1. The minimum Gasteiger partial charge on any atom is -0.372 e. The molecule has 0 aliphatic carbocycles. The molecule has 7 heteroatoms. The Morgan fingerprint density at radius 2 is 1.53 bits per heavy atom. The zero-order valence-corrected chi connectivity index (χ0v) is 19.1. The van der Waals surface area contributed by atoms with Crippen LogP contribution in [0.4, 0.5) is 17.1 Å². The van der Waals surface area contributed by atoms with Gasteiger partial charge in [0.2, 0.25) is 0 Å². The molecule has 0 bridgehead atoms. The summed E-state index contributed by atoms with van der Waals surface area (Å²) in [6.07, 6.45) is 2.41. The smallest absolute Gasteiger partial charge is 0.264 e. The number of hydrogen-bond acceptors (Lipinski definition) is 4. The molecule has 0 atom stereocenters. The molecule has 1 N–H and O–H groups in total. The van der Waals surface area contributed by atoms with E-state index < -0.39 is 10.0 Å². The number of amides is 1. The highest BCUT2D eigenvalue weighted by Crippen LogP contribution is 2.27. The van der Waals surface area contributed by atoms with Gasteiger partial charge in [0, 0.05) is 31.5 Å². The number of carbonyl (C=O) groups is 1. The number of sulfonamides is 1. The second-order valence-corrected chi connectivity index (χ2v) is 9.97. The van der Waals surface area contributed by atoms with Crippen LogP contribution in [0.3, 0.4) is 0 Å². The molecule has 3 aromatic rings. The van der Waals surface area contributed by atoms with Crippen LogP contribution in [0.2, 0.25) is 0 Å². The van der Waals surface area contributed by atoms with Crippen LogP contribution in [0.5, 0.6) is 0 Å². The topological polar surface area (TPSA) is 69.7 Å². The SMILES string of the molecule is Cc1ccc(S(=O)(=O)N(C)c2ccccc2C(=O)Nc2ccc(N3CCCC3)cc2)cc1. The average molecular weight is 450 g/mol. The first-order valence-corrected chi connectivity index (χ1v) is 12.1. The lowest BCUT2D eigenvalue weighted by Gasteiger charge is -2.22. The summed E-state index contributed by atoms with van der Waals surface area (Å²) in [7, 11) is -2.34. The van der Waals surface area contributed by atoms with Gasteiger partial charge in [-0.15, -0.1) is 0 Å². The molecule has 1 aliphatic heterocycles. The van der Waals surface area contributed by atoms with Crippen LogP contribution in [0, 0.1) is 6.92 Å². The molecule has 0 aromatic heterocycles. The lowest BCUT2D eigenvalue weighted by Crippen LogP contribution is -2.29. The fraction of sp³-hybridized carbons (Fsp3) is 0.240. The van der Waals surface area contributed by atoms with Gasteiger partial charge in [0.15, 0.2) is 0 Å². The summed E-state index contributed by atoms with van der Waals surface area (Å²) in [5, 5.41) is 2.89. The van der Waals surface area contributed by atoms with E-state index >= 15 is 0 Å². The van der Waals surface area contributed by atoms with Crippen LogP contribution in [0.25, 0.3) is 0 Å². The quantitative estimate of drug-likeness (QED) is 0.594. The molecular weight excluding hydrogens is 422 g/mol. The second kappa shape index (κ2) is 9.04. The van der Waals surface area contributed by atoms with Crippen molar-refractivity contribution in [2.45, 2.75) is 24.7 Å². The Morgan fingerprint density at radius 3 is 2.19 bits per heavy atom. The number of anilines is 3. The van der Waals surface area contributed by atoms with E-state index in [9.17, 15) is 13.2 Å². The van der Waals surface area contributed by atoms with Crippen molar-refractivity contribution in [1.29, 1.82) is 0 Å². The molecule has 1 aliphatic rings. The van der Waals surface area contributed by atoms with E-state index in [0.29, 0.717) is 11.4 Å². The normalized spacial score (nSPS) is 13.8. The number of nitrogens with zero attached hydrogens (tertiary/aromatic N) is 2. The molecule has 1 fully saturated rings. The zero-order chi connectivity index (χ0) is 22.7. The Hall–Kier alpha value is -3.32. The summed E-state index contributed by atoms with van der Waals surface area (Å²) in [5.74, 6) is -0.361. The van der Waals surface area contributed by atoms with Gasteiger partial charge in [0.05, 0.1) is 16.1 Å². The third-order valence-electron chi connectivity index (χ3n) is 5.76. The highest BCUT2D eigenvalue weighted by atomic mass is 32.2. The molecule has 3 aromatic carbocycles. The molecule has 1 saturated heterocycles. The third-order valence-corrected chi connectivity index (χ3v) is 7.55. The van der Waals surface area contributed by atoms with Crippen LogP contribution in [-0.4, -0.2) is 34.5 Å². The van der Waals surface area contributed by atoms with Gasteiger partial charge < -0.3 is 10.2 Å². The number of benzene rings is 3. The highest BCUT2D eigenvalue weighted by Gasteiger charge is 2.25. The lowest BCUT2D eigenvalue weighted by molar-refractivity contribution is 0.102. The number of carbonyl (C=O) groups excluding carboxylic acids is 1. The zero-order valence-electron chi connectivity index (χ0n) is 18.3.